The third-order valence-corrected chi connectivity index (χ3v) is 12.0. The highest BCUT2D eigenvalue weighted by atomic mass is 16.5. The maximum atomic E-state index is 12.4. The molecule has 2 unspecified atom stereocenters. The molecule has 1 amide bonds. The van der Waals surface area contributed by atoms with E-state index in [0.717, 1.165) is 64.2 Å². The van der Waals surface area contributed by atoms with E-state index in [1.54, 1.807) is 6.08 Å². The predicted octanol–water partition coefficient (Wildman–Crippen LogP) is 16.4. The van der Waals surface area contributed by atoms with Gasteiger partial charge in [-0.1, -0.05) is 229 Å². The van der Waals surface area contributed by atoms with Gasteiger partial charge in [0.1, 0.15) is 0 Å². The van der Waals surface area contributed by atoms with Crippen molar-refractivity contribution in [3.8, 4) is 0 Å². The van der Waals surface area contributed by atoms with E-state index in [1.165, 1.54) is 173 Å². The molecule has 0 bridgehead atoms. The molecule has 0 aromatic heterocycles. The van der Waals surface area contributed by atoms with Crippen LogP contribution in [0.1, 0.15) is 264 Å². The van der Waals surface area contributed by atoms with Crippen LogP contribution in [0.25, 0.3) is 0 Å². The molecular formula is C57H103NO5. The van der Waals surface area contributed by atoms with Crippen molar-refractivity contribution in [3.05, 3.63) is 60.8 Å². The average Bonchev–Trinajstić information content (AvgIpc) is 3.28. The molecule has 0 saturated carbocycles. The first-order valence-corrected chi connectivity index (χ1v) is 27.1. The highest BCUT2D eigenvalue weighted by Gasteiger charge is 2.18. The summed E-state index contributed by atoms with van der Waals surface area (Å²) in [6, 6.07) is -0.631. The van der Waals surface area contributed by atoms with Gasteiger partial charge in [-0.05, 0) is 83.5 Å². The van der Waals surface area contributed by atoms with E-state index in [2.05, 4.69) is 67.8 Å². The number of hydrogen-bond acceptors (Lipinski definition) is 5. The minimum atomic E-state index is -0.847. The van der Waals surface area contributed by atoms with Gasteiger partial charge in [0, 0.05) is 12.8 Å². The zero-order chi connectivity index (χ0) is 45.8. The van der Waals surface area contributed by atoms with Crippen molar-refractivity contribution in [1.82, 2.24) is 5.32 Å². The fourth-order valence-corrected chi connectivity index (χ4v) is 7.85. The van der Waals surface area contributed by atoms with Crippen LogP contribution in [0.5, 0.6) is 0 Å². The Morgan fingerprint density at radius 1 is 0.444 bits per heavy atom. The molecule has 366 valence electrons. The summed E-state index contributed by atoms with van der Waals surface area (Å²) in [5.74, 6) is -0.128. The number of ether oxygens (including phenoxy) is 1. The minimum absolute atomic E-state index is 0.0506. The Bertz CT molecular complexity index is 1110. The van der Waals surface area contributed by atoms with E-state index in [1.807, 2.05) is 6.08 Å². The second kappa shape index (κ2) is 52.2. The van der Waals surface area contributed by atoms with Gasteiger partial charge in [0.05, 0.1) is 25.4 Å². The molecule has 0 aliphatic heterocycles. The zero-order valence-corrected chi connectivity index (χ0v) is 41.5. The summed E-state index contributed by atoms with van der Waals surface area (Å²) in [5.41, 5.74) is 0. The minimum Gasteiger partial charge on any atom is -0.465 e. The van der Waals surface area contributed by atoms with Gasteiger partial charge in [0.2, 0.25) is 5.91 Å². The number of rotatable bonds is 49. The van der Waals surface area contributed by atoms with Crippen molar-refractivity contribution >= 4 is 11.9 Å². The van der Waals surface area contributed by atoms with E-state index in [9.17, 15) is 19.8 Å². The van der Waals surface area contributed by atoms with Gasteiger partial charge >= 0.3 is 5.97 Å². The summed E-state index contributed by atoms with van der Waals surface area (Å²) >= 11 is 0. The molecule has 0 fully saturated rings. The Balaban J connectivity index is 3.47. The van der Waals surface area contributed by atoms with Gasteiger partial charge in [0.15, 0.2) is 0 Å². The number of unbranched alkanes of at least 4 members (excludes halogenated alkanes) is 30. The molecule has 0 heterocycles. The number of aliphatic hydroxyl groups excluding tert-OH is 2. The average molecular weight is 882 g/mol. The third kappa shape index (κ3) is 48.8. The largest absolute Gasteiger partial charge is 0.465 e. The first-order valence-electron chi connectivity index (χ1n) is 27.1. The second-order valence-corrected chi connectivity index (χ2v) is 18.2. The molecular weight excluding hydrogens is 779 g/mol. The number of hydrogen-bond donors (Lipinski definition) is 3. The lowest BCUT2D eigenvalue weighted by atomic mass is 10.0. The fraction of sp³-hybridized carbons (Fsp3) is 0.789. The molecule has 0 spiro atoms. The van der Waals surface area contributed by atoms with Crippen LogP contribution in [0.4, 0.5) is 0 Å². The van der Waals surface area contributed by atoms with Gasteiger partial charge in [-0.15, -0.1) is 0 Å². The van der Waals surface area contributed by atoms with Gasteiger partial charge in [0.25, 0.3) is 0 Å². The molecule has 3 N–H and O–H groups in total. The lowest BCUT2D eigenvalue weighted by molar-refractivity contribution is -0.143. The summed E-state index contributed by atoms with van der Waals surface area (Å²) < 4.78 is 5.40. The Kier molecular flexibility index (Phi) is 50.2. The molecule has 0 aliphatic carbocycles. The van der Waals surface area contributed by atoms with E-state index >= 15 is 0 Å². The van der Waals surface area contributed by atoms with Crippen molar-refractivity contribution in [3.63, 3.8) is 0 Å². The molecule has 6 heteroatoms. The van der Waals surface area contributed by atoms with Gasteiger partial charge < -0.3 is 20.3 Å². The standard InChI is InChI=1S/C57H103NO5/c1-3-5-7-9-11-13-14-15-16-25-28-31-35-39-43-47-51-57(62)63-52-48-44-40-36-32-29-26-23-21-19-17-18-20-22-24-27-30-34-38-42-46-50-56(61)58-54(53-59)55(60)49-45-41-37-33-12-10-8-6-4-2/h13-14,16,25,29,32,40,44-45,49,54-55,59-60H,3-12,15,17-24,26-28,30-31,33-39,41-43,46-48,50-53H2,1-2H3,(H,58,61)/b14-13-,25-16-,32-29-,44-40-,49-45+. The molecule has 0 rings (SSSR count). The Morgan fingerprint density at radius 3 is 1.22 bits per heavy atom. The lowest BCUT2D eigenvalue weighted by Crippen LogP contribution is -2.45. The van der Waals surface area contributed by atoms with Crippen LogP contribution in [-0.4, -0.2) is 47.4 Å². The SMILES string of the molecule is CCCCCC/C=C\C/C=C\CCCCCCCC(=O)OCC/C=C\C/C=C\CCCCCCCCCCCCCCCCC(=O)NC(CO)C(O)/C=C/CCCCCCCCC. The number of aliphatic hydroxyl groups is 2. The molecule has 2 atom stereocenters. The molecule has 0 aromatic rings. The van der Waals surface area contributed by atoms with E-state index in [-0.39, 0.29) is 18.5 Å². The summed E-state index contributed by atoms with van der Waals surface area (Å²) in [6.45, 7) is 4.73. The third-order valence-electron chi connectivity index (χ3n) is 12.0. The van der Waals surface area contributed by atoms with Crippen molar-refractivity contribution in [2.75, 3.05) is 13.2 Å². The zero-order valence-electron chi connectivity index (χ0n) is 41.5. The summed E-state index contributed by atoms with van der Waals surface area (Å²) in [6.07, 6.45) is 66.8. The number of carbonyl (C=O) groups excluding carboxylic acids is 2. The summed E-state index contributed by atoms with van der Waals surface area (Å²) in [4.78, 5) is 24.4. The van der Waals surface area contributed by atoms with Crippen molar-refractivity contribution in [2.45, 2.75) is 276 Å². The van der Waals surface area contributed by atoms with Crippen molar-refractivity contribution < 1.29 is 24.5 Å². The second-order valence-electron chi connectivity index (χ2n) is 18.2. The molecule has 0 aromatic carbocycles. The molecule has 6 nitrogen and oxygen atoms in total. The van der Waals surface area contributed by atoms with E-state index in [0.29, 0.717) is 19.4 Å². The lowest BCUT2D eigenvalue weighted by Gasteiger charge is -2.20. The van der Waals surface area contributed by atoms with Crippen LogP contribution < -0.4 is 5.32 Å². The monoisotopic (exact) mass is 882 g/mol. The Labute approximate surface area is 390 Å². The molecule has 0 aliphatic rings. The van der Waals surface area contributed by atoms with E-state index in [4.69, 9.17) is 4.74 Å². The first-order chi connectivity index (χ1) is 31.0. The number of amides is 1. The summed E-state index contributed by atoms with van der Waals surface area (Å²) in [7, 11) is 0. The number of allylic oxidation sites excluding steroid dienone is 8. The Hall–Kier alpha value is -2.44. The topological polar surface area (TPSA) is 95.9 Å². The maximum Gasteiger partial charge on any atom is 0.305 e. The number of esters is 1. The molecule has 0 saturated heterocycles. The smallest absolute Gasteiger partial charge is 0.305 e. The van der Waals surface area contributed by atoms with E-state index < -0.39 is 12.1 Å². The normalized spacial score (nSPS) is 13.1. The predicted molar refractivity (Wildman–Crippen MR) is 273 cm³/mol. The van der Waals surface area contributed by atoms with Gasteiger partial charge in [-0.2, -0.15) is 0 Å². The highest BCUT2D eigenvalue weighted by Crippen LogP contribution is 2.15. The Morgan fingerprint density at radius 2 is 0.794 bits per heavy atom. The van der Waals surface area contributed by atoms with Crippen LogP contribution >= 0.6 is 0 Å². The van der Waals surface area contributed by atoms with Crippen LogP contribution in [-0.2, 0) is 14.3 Å². The quantitative estimate of drug-likeness (QED) is 0.0321. The first kappa shape index (κ1) is 60.6. The van der Waals surface area contributed by atoms with Crippen LogP contribution in [0, 0.1) is 0 Å². The van der Waals surface area contributed by atoms with Crippen LogP contribution in [0.3, 0.4) is 0 Å². The van der Waals surface area contributed by atoms with Gasteiger partial charge in [-0.3, -0.25) is 9.59 Å². The van der Waals surface area contributed by atoms with Gasteiger partial charge in [-0.25, -0.2) is 0 Å². The van der Waals surface area contributed by atoms with Crippen molar-refractivity contribution in [1.29, 1.82) is 0 Å². The van der Waals surface area contributed by atoms with Crippen molar-refractivity contribution in [2.24, 2.45) is 0 Å². The molecule has 63 heavy (non-hydrogen) atoms. The van der Waals surface area contributed by atoms with Crippen LogP contribution in [0.2, 0.25) is 0 Å². The fourth-order valence-electron chi connectivity index (χ4n) is 7.85. The summed E-state index contributed by atoms with van der Waals surface area (Å²) in [5, 5.41) is 22.9. The number of carbonyl (C=O) groups is 2. The number of nitrogens with one attached hydrogen (secondary N) is 1. The maximum absolute atomic E-state index is 12.4. The molecule has 0 radical (unpaired) electrons. The highest BCUT2D eigenvalue weighted by molar-refractivity contribution is 5.76. The van der Waals surface area contributed by atoms with Crippen LogP contribution in [0.15, 0.2) is 60.8 Å².